The quantitative estimate of drug-likeness (QED) is 0.811. The molecule has 3 nitrogen and oxygen atoms in total. The van der Waals surface area contributed by atoms with Crippen LogP contribution in [0, 0.1) is 11.3 Å². The Kier molecular flexibility index (Phi) is 5.21. The number of rotatable bonds is 3. The lowest BCUT2D eigenvalue weighted by atomic mass is 9.87. The van der Waals surface area contributed by atoms with E-state index in [2.05, 4.69) is 13.8 Å². The largest absolute Gasteiger partial charge is 0.392 e. The lowest BCUT2D eigenvalue weighted by molar-refractivity contribution is -0.132. The zero-order valence-electron chi connectivity index (χ0n) is 11.8. The average molecular weight is 289 g/mol. The monoisotopic (exact) mass is 289 g/mol. The second-order valence-electron chi connectivity index (χ2n) is 6.24. The van der Waals surface area contributed by atoms with Gasteiger partial charge in [0.2, 0.25) is 5.91 Å². The summed E-state index contributed by atoms with van der Waals surface area (Å²) in [7, 11) is 0. The molecule has 1 aliphatic rings. The maximum Gasteiger partial charge on any atom is 0.230 e. The van der Waals surface area contributed by atoms with Crippen LogP contribution in [0.3, 0.4) is 0 Å². The first-order chi connectivity index (χ1) is 8.14. The molecule has 1 saturated heterocycles. The van der Waals surface area contributed by atoms with Crippen molar-refractivity contribution in [3.63, 3.8) is 0 Å². The van der Waals surface area contributed by atoms with Gasteiger partial charge in [0.15, 0.2) is 0 Å². The number of hydrogen-bond acceptors (Lipinski definition) is 4. The molecule has 2 atom stereocenters. The van der Waals surface area contributed by atoms with E-state index in [0.717, 1.165) is 5.75 Å². The molecule has 0 radical (unpaired) electrons. The van der Waals surface area contributed by atoms with Crippen LogP contribution in [0.5, 0.6) is 0 Å². The fraction of sp³-hybridized carbons (Fsp3) is 0.846. The molecule has 0 spiro atoms. The summed E-state index contributed by atoms with van der Waals surface area (Å²) in [5.74, 6) is 1.20. The van der Waals surface area contributed by atoms with Gasteiger partial charge in [-0.05, 0) is 11.3 Å². The molecule has 1 aliphatic heterocycles. The van der Waals surface area contributed by atoms with Crippen LogP contribution in [0.15, 0.2) is 0 Å². The van der Waals surface area contributed by atoms with Gasteiger partial charge in [0.05, 0.1) is 12.5 Å². The van der Waals surface area contributed by atoms with Crippen molar-refractivity contribution in [2.45, 2.75) is 53.2 Å². The third-order valence-corrected chi connectivity index (χ3v) is 4.81. The van der Waals surface area contributed by atoms with Gasteiger partial charge in [0.1, 0.15) is 4.32 Å². The number of hydrogen-bond donors (Lipinski definition) is 1. The first kappa shape index (κ1) is 15.9. The van der Waals surface area contributed by atoms with E-state index in [-0.39, 0.29) is 23.8 Å². The number of nitrogens with zero attached hydrogens (tertiary/aromatic N) is 1. The first-order valence-electron chi connectivity index (χ1n) is 6.31. The Hall–Kier alpha value is -0.130. The molecule has 1 rings (SSSR count). The molecule has 0 aromatic rings. The van der Waals surface area contributed by atoms with E-state index in [9.17, 15) is 9.90 Å². The maximum absolute atomic E-state index is 12.3. The highest BCUT2D eigenvalue weighted by Crippen LogP contribution is 2.31. The second-order valence-corrected chi connectivity index (χ2v) is 7.89. The summed E-state index contributed by atoms with van der Waals surface area (Å²) in [4.78, 5) is 14.0. The molecule has 1 heterocycles. The molecule has 5 heteroatoms. The zero-order chi connectivity index (χ0) is 14.1. The van der Waals surface area contributed by atoms with Gasteiger partial charge in [-0.25, -0.2) is 0 Å². The normalized spacial score (nSPS) is 22.7. The maximum atomic E-state index is 12.3. The Morgan fingerprint density at radius 2 is 2.11 bits per heavy atom. The Bertz CT molecular complexity index is 336. The Balaban J connectivity index is 2.73. The lowest BCUT2D eigenvalue weighted by Crippen LogP contribution is -2.44. The van der Waals surface area contributed by atoms with Gasteiger partial charge >= 0.3 is 0 Å². The molecule has 0 aromatic carbocycles. The molecule has 0 aliphatic carbocycles. The fourth-order valence-electron chi connectivity index (χ4n) is 1.78. The summed E-state index contributed by atoms with van der Waals surface area (Å²) in [5.41, 5.74) is -0.280. The van der Waals surface area contributed by atoms with Crippen molar-refractivity contribution in [3.8, 4) is 0 Å². The van der Waals surface area contributed by atoms with Crippen molar-refractivity contribution >= 4 is 34.2 Å². The van der Waals surface area contributed by atoms with E-state index in [4.69, 9.17) is 12.2 Å². The summed E-state index contributed by atoms with van der Waals surface area (Å²) in [6.45, 7) is 9.99. The van der Waals surface area contributed by atoms with E-state index in [1.54, 1.807) is 16.7 Å². The highest BCUT2D eigenvalue weighted by Gasteiger charge is 2.37. The van der Waals surface area contributed by atoms with Crippen LogP contribution >= 0.6 is 24.0 Å². The van der Waals surface area contributed by atoms with E-state index >= 15 is 0 Å². The van der Waals surface area contributed by atoms with Crippen molar-refractivity contribution in [2.75, 3.05) is 5.75 Å². The lowest BCUT2D eigenvalue weighted by Gasteiger charge is -2.30. The van der Waals surface area contributed by atoms with Gasteiger partial charge in [0, 0.05) is 11.8 Å². The van der Waals surface area contributed by atoms with Crippen LogP contribution in [-0.4, -0.2) is 38.1 Å². The van der Waals surface area contributed by atoms with Gasteiger partial charge in [-0.2, -0.15) is 0 Å². The zero-order valence-corrected chi connectivity index (χ0v) is 13.4. The molecule has 1 N–H and O–H groups in total. The SMILES string of the molecule is CC(C)[C@H]1CSC(=S)N1C(=O)C[C@@H](O)C(C)(C)C. The molecule has 0 saturated carbocycles. The number of thiocarbonyl (C=S) groups is 1. The number of aliphatic hydroxyl groups is 1. The summed E-state index contributed by atoms with van der Waals surface area (Å²) in [6.07, 6.45) is -0.487. The summed E-state index contributed by atoms with van der Waals surface area (Å²) in [6, 6.07) is 0.169. The molecule has 0 unspecified atom stereocenters. The summed E-state index contributed by atoms with van der Waals surface area (Å²) >= 11 is 6.81. The van der Waals surface area contributed by atoms with Gasteiger partial charge in [-0.15, -0.1) is 0 Å². The second kappa shape index (κ2) is 5.88. The van der Waals surface area contributed by atoms with Crippen LogP contribution in [0.25, 0.3) is 0 Å². The molecule has 104 valence electrons. The van der Waals surface area contributed by atoms with E-state index in [1.807, 2.05) is 20.8 Å². The minimum absolute atomic E-state index is 0.0499. The van der Waals surface area contributed by atoms with Gasteiger partial charge < -0.3 is 5.11 Å². The molecule has 1 fully saturated rings. The predicted molar refractivity (Wildman–Crippen MR) is 80.6 cm³/mol. The fourth-order valence-corrected chi connectivity index (χ4v) is 3.45. The minimum atomic E-state index is -0.633. The third-order valence-electron chi connectivity index (χ3n) is 3.31. The van der Waals surface area contributed by atoms with Crippen LogP contribution in [0.2, 0.25) is 0 Å². The van der Waals surface area contributed by atoms with Gasteiger partial charge in [0.25, 0.3) is 0 Å². The first-order valence-corrected chi connectivity index (χ1v) is 7.71. The van der Waals surface area contributed by atoms with Crippen LogP contribution < -0.4 is 0 Å². The molecule has 0 bridgehead atoms. The van der Waals surface area contributed by atoms with Gasteiger partial charge in [-0.1, -0.05) is 58.6 Å². The van der Waals surface area contributed by atoms with Crippen LogP contribution in [-0.2, 0) is 4.79 Å². The standard InChI is InChI=1S/C13H23NO2S2/c1-8(2)9-7-18-12(17)14(9)11(16)6-10(15)13(3,4)5/h8-10,15H,6-7H2,1-5H3/t9-,10-/m1/s1. The van der Waals surface area contributed by atoms with Crippen molar-refractivity contribution in [1.82, 2.24) is 4.90 Å². The van der Waals surface area contributed by atoms with E-state index in [0.29, 0.717) is 10.2 Å². The van der Waals surface area contributed by atoms with Crippen LogP contribution in [0.4, 0.5) is 0 Å². The minimum Gasteiger partial charge on any atom is -0.392 e. The van der Waals surface area contributed by atoms with Crippen molar-refractivity contribution in [3.05, 3.63) is 0 Å². The molecular weight excluding hydrogens is 266 g/mol. The molecule has 1 amide bonds. The number of amides is 1. The number of carbonyl (C=O) groups excluding carboxylic acids is 1. The molecule has 18 heavy (non-hydrogen) atoms. The summed E-state index contributed by atoms with van der Waals surface area (Å²) in [5, 5.41) is 10.0. The molecular formula is C13H23NO2S2. The number of thioether (sulfide) groups is 1. The highest BCUT2D eigenvalue weighted by molar-refractivity contribution is 8.23. The third kappa shape index (κ3) is 3.68. The predicted octanol–water partition coefficient (Wildman–Crippen LogP) is 2.67. The summed E-state index contributed by atoms with van der Waals surface area (Å²) < 4.78 is 0.653. The Labute approximate surface area is 119 Å². The van der Waals surface area contributed by atoms with Crippen LogP contribution in [0.1, 0.15) is 41.0 Å². The Morgan fingerprint density at radius 3 is 2.56 bits per heavy atom. The van der Waals surface area contributed by atoms with E-state index in [1.165, 1.54) is 0 Å². The van der Waals surface area contributed by atoms with Gasteiger partial charge in [-0.3, -0.25) is 9.69 Å². The number of carbonyl (C=O) groups is 1. The van der Waals surface area contributed by atoms with Crippen molar-refractivity contribution in [2.24, 2.45) is 11.3 Å². The average Bonchev–Trinajstić information content (AvgIpc) is 2.58. The topological polar surface area (TPSA) is 40.5 Å². The van der Waals surface area contributed by atoms with E-state index < -0.39 is 6.10 Å². The smallest absolute Gasteiger partial charge is 0.230 e. The molecule has 0 aromatic heterocycles. The van der Waals surface area contributed by atoms with Crippen molar-refractivity contribution in [1.29, 1.82) is 0 Å². The highest BCUT2D eigenvalue weighted by atomic mass is 32.2. The van der Waals surface area contributed by atoms with Crippen molar-refractivity contribution < 1.29 is 9.90 Å². The Morgan fingerprint density at radius 1 is 1.56 bits per heavy atom. The number of aliphatic hydroxyl groups excluding tert-OH is 1.